The zero-order valence-electron chi connectivity index (χ0n) is 25.8. The topological polar surface area (TPSA) is 111 Å². The first kappa shape index (κ1) is 32.0. The highest BCUT2D eigenvalue weighted by atomic mass is 16.5. The molecule has 230 valence electrons. The van der Waals surface area contributed by atoms with Crippen molar-refractivity contribution in [3.8, 4) is 0 Å². The fourth-order valence-corrected chi connectivity index (χ4v) is 4.80. The number of anilines is 3. The summed E-state index contributed by atoms with van der Waals surface area (Å²) in [5.74, 6) is -1.07. The number of esters is 1. The lowest BCUT2D eigenvalue weighted by Gasteiger charge is -2.25. The van der Waals surface area contributed by atoms with Crippen molar-refractivity contribution in [2.45, 2.75) is 19.8 Å². The van der Waals surface area contributed by atoms with Crippen molar-refractivity contribution < 1.29 is 23.9 Å². The minimum Gasteiger partial charge on any atom is -0.462 e. The van der Waals surface area contributed by atoms with E-state index in [1.807, 2.05) is 61.5 Å². The molecule has 0 radical (unpaired) electrons. The van der Waals surface area contributed by atoms with Gasteiger partial charge in [0.25, 0.3) is 5.91 Å². The van der Waals surface area contributed by atoms with Gasteiger partial charge in [0.05, 0.1) is 29.1 Å². The van der Waals surface area contributed by atoms with Crippen molar-refractivity contribution in [3.63, 3.8) is 0 Å². The van der Waals surface area contributed by atoms with Crippen molar-refractivity contribution in [1.82, 2.24) is 9.80 Å². The molecule has 3 aromatic rings. The highest BCUT2D eigenvalue weighted by Crippen LogP contribution is 2.38. The quantitative estimate of drug-likeness (QED) is 0.233. The normalized spacial score (nSPS) is 13.2. The van der Waals surface area contributed by atoms with Gasteiger partial charge in [0, 0.05) is 37.5 Å². The van der Waals surface area contributed by atoms with Crippen LogP contribution in [0.3, 0.4) is 0 Å². The molecular weight excluding hydrogens is 558 g/mol. The van der Waals surface area contributed by atoms with Gasteiger partial charge in [-0.15, -0.1) is 0 Å². The van der Waals surface area contributed by atoms with Crippen LogP contribution in [-0.2, 0) is 19.1 Å². The van der Waals surface area contributed by atoms with Gasteiger partial charge in [-0.3, -0.25) is 14.4 Å². The van der Waals surface area contributed by atoms with Crippen molar-refractivity contribution in [2.24, 2.45) is 0 Å². The highest BCUT2D eigenvalue weighted by molar-refractivity contribution is 6.37. The van der Waals surface area contributed by atoms with E-state index in [4.69, 9.17) is 4.74 Å². The smallest absolute Gasteiger partial charge is 0.338 e. The SMILES string of the molecule is CCOC(=O)c1ccc2c(c1)NC(=O)/C2=C(\Nc1ccc(N(CC(=O)N(C)C)C(=O)CCCN(C)C)cc1)c1ccccc1. The molecule has 0 aliphatic carbocycles. The number of fused-ring (bicyclic) bond motifs is 1. The second-order valence-corrected chi connectivity index (χ2v) is 10.9. The third kappa shape index (κ3) is 7.70. The van der Waals surface area contributed by atoms with Gasteiger partial charge in [0.2, 0.25) is 11.8 Å². The summed E-state index contributed by atoms with van der Waals surface area (Å²) in [6.07, 6.45) is 0.993. The Balaban J connectivity index is 1.67. The lowest BCUT2D eigenvalue weighted by atomic mass is 9.99. The molecule has 44 heavy (non-hydrogen) atoms. The van der Waals surface area contributed by atoms with Crippen LogP contribution in [0.5, 0.6) is 0 Å². The molecule has 1 heterocycles. The average molecular weight is 598 g/mol. The first-order chi connectivity index (χ1) is 21.1. The van der Waals surface area contributed by atoms with Crippen LogP contribution in [0.25, 0.3) is 11.3 Å². The van der Waals surface area contributed by atoms with Gasteiger partial charge in [-0.05, 0) is 75.9 Å². The number of ether oxygens (including phenoxy) is 1. The highest BCUT2D eigenvalue weighted by Gasteiger charge is 2.29. The van der Waals surface area contributed by atoms with Gasteiger partial charge in [-0.25, -0.2) is 4.79 Å². The maximum atomic E-state index is 13.3. The molecule has 4 rings (SSSR count). The molecule has 0 aromatic heterocycles. The van der Waals surface area contributed by atoms with E-state index in [1.165, 1.54) is 9.80 Å². The molecule has 0 atom stereocenters. The summed E-state index contributed by atoms with van der Waals surface area (Å²) >= 11 is 0. The van der Waals surface area contributed by atoms with E-state index in [0.717, 1.165) is 12.1 Å². The summed E-state index contributed by atoms with van der Waals surface area (Å²) < 4.78 is 5.12. The van der Waals surface area contributed by atoms with E-state index < -0.39 is 5.97 Å². The predicted octanol–water partition coefficient (Wildman–Crippen LogP) is 4.56. The lowest BCUT2D eigenvalue weighted by Crippen LogP contribution is -2.40. The molecule has 0 bridgehead atoms. The number of amides is 3. The summed E-state index contributed by atoms with van der Waals surface area (Å²) in [5, 5.41) is 6.29. The Bertz CT molecular complexity index is 1550. The molecule has 1 aliphatic heterocycles. The van der Waals surface area contributed by atoms with Gasteiger partial charge in [0.15, 0.2) is 0 Å². The molecular formula is C34H39N5O5. The zero-order valence-corrected chi connectivity index (χ0v) is 25.8. The minimum absolute atomic E-state index is 0.0648. The Labute approximate surface area is 258 Å². The van der Waals surface area contributed by atoms with Crippen LogP contribution in [-0.4, -0.2) is 81.4 Å². The Kier molecular flexibility index (Phi) is 10.5. The number of carbonyl (C=O) groups excluding carboxylic acids is 4. The van der Waals surface area contributed by atoms with Crippen LogP contribution in [0.1, 0.15) is 41.3 Å². The summed E-state index contributed by atoms with van der Waals surface area (Å²) in [7, 11) is 7.24. The molecule has 0 saturated heterocycles. The second-order valence-electron chi connectivity index (χ2n) is 10.9. The third-order valence-electron chi connectivity index (χ3n) is 7.13. The van der Waals surface area contributed by atoms with Crippen LogP contribution in [0, 0.1) is 0 Å². The van der Waals surface area contributed by atoms with Crippen molar-refractivity contribution >= 4 is 52.0 Å². The predicted molar refractivity (Wildman–Crippen MR) is 173 cm³/mol. The fourth-order valence-electron chi connectivity index (χ4n) is 4.80. The van der Waals surface area contributed by atoms with Crippen molar-refractivity contribution in [1.29, 1.82) is 0 Å². The summed E-state index contributed by atoms with van der Waals surface area (Å²) in [5.41, 5.74) is 4.62. The number of hydrogen-bond donors (Lipinski definition) is 2. The summed E-state index contributed by atoms with van der Waals surface area (Å²) in [4.78, 5) is 56.4. The molecule has 3 aromatic carbocycles. The zero-order chi connectivity index (χ0) is 31.8. The van der Waals surface area contributed by atoms with E-state index in [-0.39, 0.29) is 30.9 Å². The number of carbonyl (C=O) groups is 4. The first-order valence-corrected chi connectivity index (χ1v) is 14.5. The van der Waals surface area contributed by atoms with Gasteiger partial charge < -0.3 is 30.1 Å². The molecule has 0 fully saturated rings. The van der Waals surface area contributed by atoms with Crippen LogP contribution < -0.4 is 15.5 Å². The molecule has 10 heteroatoms. The Hall–Kier alpha value is -4.96. The van der Waals surface area contributed by atoms with Gasteiger partial charge in [0.1, 0.15) is 6.54 Å². The second kappa shape index (κ2) is 14.5. The van der Waals surface area contributed by atoms with E-state index in [2.05, 4.69) is 10.6 Å². The van der Waals surface area contributed by atoms with Crippen molar-refractivity contribution in [2.75, 3.05) is 63.4 Å². The summed E-state index contributed by atoms with van der Waals surface area (Å²) in [6.45, 7) is 2.69. The number of rotatable bonds is 12. The van der Waals surface area contributed by atoms with Gasteiger partial charge >= 0.3 is 5.97 Å². The maximum absolute atomic E-state index is 13.3. The third-order valence-corrected chi connectivity index (χ3v) is 7.13. The maximum Gasteiger partial charge on any atom is 0.338 e. The number of nitrogens with zero attached hydrogens (tertiary/aromatic N) is 3. The number of benzene rings is 3. The molecule has 0 unspecified atom stereocenters. The van der Waals surface area contributed by atoms with E-state index in [0.29, 0.717) is 52.3 Å². The van der Waals surface area contributed by atoms with E-state index >= 15 is 0 Å². The van der Waals surface area contributed by atoms with E-state index in [1.54, 1.807) is 51.4 Å². The van der Waals surface area contributed by atoms with Crippen molar-refractivity contribution in [3.05, 3.63) is 89.5 Å². The molecule has 2 N–H and O–H groups in total. The number of nitrogens with one attached hydrogen (secondary N) is 2. The standard InChI is InChI=1S/C34H39N5O5/c1-6-44-34(43)24-14-19-27-28(21-24)36-33(42)31(27)32(23-11-8-7-9-12-23)35-25-15-17-26(18-16-25)39(22-30(41)38(4)5)29(40)13-10-20-37(2)3/h7-9,11-12,14-19,21,35H,6,10,13,20,22H2,1-5H3,(H,36,42)/b32-31-. The lowest BCUT2D eigenvalue weighted by molar-refractivity contribution is -0.129. The van der Waals surface area contributed by atoms with Gasteiger partial charge in [-0.1, -0.05) is 36.4 Å². The molecule has 10 nitrogen and oxygen atoms in total. The first-order valence-electron chi connectivity index (χ1n) is 14.5. The van der Waals surface area contributed by atoms with Crippen LogP contribution in [0.15, 0.2) is 72.8 Å². The van der Waals surface area contributed by atoms with Crippen LogP contribution in [0.4, 0.5) is 17.1 Å². The Morgan fingerprint density at radius 2 is 1.57 bits per heavy atom. The van der Waals surface area contributed by atoms with Crippen LogP contribution in [0.2, 0.25) is 0 Å². The summed E-state index contributed by atoms with van der Waals surface area (Å²) in [6, 6.07) is 21.7. The van der Waals surface area contributed by atoms with Gasteiger partial charge in [-0.2, -0.15) is 0 Å². The number of likely N-dealkylation sites (N-methyl/N-ethyl adjacent to an activating group) is 1. The largest absolute Gasteiger partial charge is 0.462 e. The number of hydrogen-bond acceptors (Lipinski definition) is 7. The molecule has 0 saturated carbocycles. The Morgan fingerprint density at radius 1 is 0.864 bits per heavy atom. The Morgan fingerprint density at radius 3 is 2.20 bits per heavy atom. The molecule has 3 amide bonds. The molecule has 1 aliphatic rings. The molecule has 0 spiro atoms. The average Bonchev–Trinajstić information content (AvgIpc) is 3.33. The fraction of sp³-hybridized carbons (Fsp3) is 0.294. The van der Waals surface area contributed by atoms with E-state index in [9.17, 15) is 19.2 Å². The minimum atomic E-state index is -0.457. The van der Waals surface area contributed by atoms with Crippen LogP contribution >= 0.6 is 0 Å². The monoisotopic (exact) mass is 597 g/mol.